The summed E-state index contributed by atoms with van der Waals surface area (Å²) in [4.78, 5) is 2.22. The number of nitrogens with one attached hydrogen (secondary N) is 1. The molecule has 0 fully saturated rings. The summed E-state index contributed by atoms with van der Waals surface area (Å²) < 4.78 is 5.57. The first-order valence-electron chi connectivity index (χ1n) is 6.38. The predicted molar refractivity (Wildman–Crippen MR) is 72.4 cm³/mol. The van der Waals surface area contributed by atoms with Gasteiger partial charge in [-0.05, 0) is 60.8 Å². The maximum absolute atomic E-state index is 5.57. The van der Waals surface area contributed by atoms with Gasteiger partial charge in [-0.15, -0.1) is 0 Å². The van der Waals surface area contributed by atoms with Crippen LogP contribution in [0.2, 0.25) is 0 Å². The summed E-state index contributed by atoms with van der Waals surface area (Å²) >= 11 is 0. The van der Waals surface area contributed by atoms with Crippen LogP contribution in [0.3, 0.4) is 0 Å². The van der Waals surface area contributed by atoms with Crippen molar-refractivity contribution in [3.63, 3.8) is 0 Å². The summed E-state index contributed by atoms with van der Waals surface area (Å²) in [6, 6.07) is 3.00. The molecule has 2 atom stereocenters. The standard InChI is InChI=1S/C14H26N2O/c1-10(7-8-16(5)6)15-12(3)14-9-11(2)17-13(14)4/h9-10,12,15H,7-8H2,1-6H3. The molecule has 0 aromatic carbocycles. The van der Waals surface area contributed by atoms with E-state index in [2.05, 4.69) is 44.2 Å². The van der Waals surface area contributed by atoms with Gasteiger partial charge in [0.2, 0.25) is 0 Å². The Balaban J connectivity index is 2.48. The van der Waals surface area contributed by atoms with Crippen molar-refractivity contribution in [3.8, 4) is 0 Å². The fourth-order valence-corrected chi connectivity index (χ4v) is 2.13. The van der Waals surface area contributed by atoms with Crippen LogP contribution in [0.5, 0.6) is 0 Å². The van der Waals surface area contributed by atoms with Crippen LogP contribution in [-0.2, 0) is 0 Å². The van der Waals surface area contributed by atoms with Crippen molar-refractivity contribution in [3.05, 3.63) is 23.2 Å². The Morgan fingerprint density at radius 1 is 1.29 bits per heavy atom. The summed E-state index contributed by atoms with van der Waals surface area (Å²) in [5.41, 5.74) is 1.28. The first-order valence-corrected chi connectivity index (χ1v) is 6.38. The highest BCUT2D eigenvalue weighted by molar-refractivity contribution is 5.23. The van der Waals surface area contributed by atoms with Gasteiger partial charge in [-0.2, -0.15) is 0 Å². The van der Waals surface area contributed by atoms with E-state index < -0.39 is 0 Å². The molecule has 0 radical (unpaired) electrons. The van der Waals surface area contributed by atoms with E-state index in [4.69, 9.17) is 4.42 Å². The number of nitrogens with zero attached hydrogens (tertiary/aromatic N) is 1. The molecule has 0 amide bonds. The Morgan fingerprint density at radius 2 is 1.94 bits per heavy atom. The Labute approximate surface area is 105 Å². The Hall–Kier alpha value is -0.800. The average Bonchev–Trinajstić information content (AvgIpc) is 2.55. The van der Waals surface area contributed by atoms with Gasteiger partial charge < -0.3 is 14.6 Å². The number of aryl methyl sites for hydroxylation is 2. The van der Waals surface area contributed by atoms with E-state index in [0.717, 1.165) is 24.5 Å². The zero-order valence-corrected chi connectivity index (χ0v) is 12.0. The minimum Gasteiger partial charge on any atom is -0.466 e. The van der Waals surface area contributed by atoms with Gasteiger partial charge in [-0.3, -0.25) is 0 Å². The van der Waals surface area contributed by atoms with Crippen LogP contribution >= 0.6 is 0 Å². The minimum atomic E-state index is 0.351. The molecule has 17 heavy (non-hydrogen) atoms. The minimum absolute atomic E-state index is 0.351. The molecule has 1 aromatic heterocycles. The number of rotatable bonds is 6. The molecule has 0 aliphatic heterocycles. The SMILES string of the molecule is Cc1cc(C(C)NC(C)CCN(C)C)c(C)o1. The molecule has 0 saturated heterocycles. The maximum atomic E-state index is 5.57. The molecule has 1 N–H and O–H groups in total. The molecule has 0 spiro atoms. The van der Waals surface area contributed by atoms with Gasteiger partial charge in [0.1, 0.15) is 11.5 Å². The molecule has 3 nitrogen and oxygen atoms in total. The van der Waals surface area contributed by atoms with Crippen LogP contribution in [0.15, 0.2) is 10.5 Å². The van der Waals surface area contributed by atoms with E-state index in [1.54, 1.807) is 0 Å². The lowest BCUT2D eigenvalue weighted by molar-refractivity contribution is 0.353. The summed E-state index contributed by atoms with van der Waals surface area (Å²) in [7, 11) is 4.22. The van der Waals surface area contributed by atoms with Crippen LogP contribution in [0, 0.1) is 13.8 Å². The van der Waals surface area contributed by atoms with Crippen LogP contribution in [-0.4, -0.2) is 31.6 Å². The van der Waals surface area contributed by atoms with Crippen molar-refractivity contribution >= 4 is 0 Å². The molecule has 0 bridgehead atoms. The van der Waals surface area contributed by atoms with Gasteiger partial charge in [-0.25, -0.2) is 0 Å². The van der Waals surface area contributed by atoms with Crippen LogP contribution in [0.25, 0.3) is 0 Å². The second-order valence-corrected chi connectivity index (χ2v) is 5.25. The monoisotopic (exact) mass is 238 g/mol. The molecular weight excluding hydrogens is 212 g/mol. The summed E-state index contributed by atoms with van der Waals surface area (Å²) in [5, 5.41) is 3.62. The third-order valence-corrected chi connectivity index (χ3v) is 3.09. The van der Waals surface area contributed by atoms with Gasteiger partial charge in [-0.1, -0.05) is 0 Å². The molecule has 0 aliphatic rings. The van der Waals surface area contributed by atoms with Crippen molar-refractivity contribution in [2.24, 2.45) is 0 Å². The lowest BCUT2D eigenvalue weighted by Gasteiger charge is -2.21. The van der Waals surface area contributed by atoms with Gasteiger partial charge >= 0.3 is 0 Å². The highest BCUT2D eigenvalue weighted by Crippen LogP contribution is 2.21. The summed E-state index contributed by atoms with van der Waals surface area (Å²) in [6.45, 7) is 9.58. The lowest BCUT2D eigenvalue weighted by Crippen LogP contribution is -2.32. The fraction of sp³-hybridized carbons (Fsp3) is 0.714. The Kier molecular flexibility index (Phi) is 5.22. The van der Waals surface area contributed by atoms with Gasteiger partial charge in [0.05, 0.1) is 0 Å². The smallest absolute Gasteiger partial charge is 0.105 e. The fourth-order valence-electron chi connectivity index (χ4n) is 2.13. The van der Waals surface area contributed by atoms with Crippen molar-refractivity contribution in [1.29, 1.82) is 0 Å². The molecule has 1 rings (SSSR count). The quantitative estimate of drug-likeness (QED) is 0.826. The van der Waals surface area contributed by atoms with Crippen molar-refractivity contribution < 1.29 is 4.42 Å². The van der Waals surface area contributed by atoms with Gasteiger partial charge in [0, 0.05) is 17.6 Å². The highest BCUT2D eigenvalue weighted by atomic mass is 16.3. The Morgan fingerprint density at radius 3 is 2.41 bits per heavy atom. The molecule has 1 heterocycles. The highest BCUT2D eigenvalue weighted by Gasteiger charge is 2.14. The van der Waals surface area contributed by atoms with E-state index in [1.807, 2.05) is 13.8 Å². The van der Waals surface area contributed by atoms with Gasteiger partial charge in [0.25, 0.3) is 0 Å². The number of hydrogen-bond acceptors (Lipinski definition) is 3. The van der Waals surface area contributed by atoms with E-state index >= 15 is 0 Å². The Bertz CT molecular complexity index is 344. The van der Waals surface area contributed by atoms with Crippen LogP contribution < -0.4 is 5.32 Å². The second kappa shape index (κ2) is 6.22. The normalized spacial score (nSPS) is 15.2. The van der Waals surface area contributed by atoms with Crippen LogP contribution in [0.4, 0.5) is 0 Å². The molecule has 2 unspecified atom stereocenters. The maximum Gasteiger partial charge on any atom is 0.105 e. The largest absolute Gasteiger partial charge is 0.466 e. The first-order chi connectivity index (χ1) is 7.90. The summed E-state index contributed by atoms with van der Waals surface area (Å²) in [5.74, 6) is 2.02. The molecule has 98 valence electrons. The topological polar surface area (TPSA) is 28.4 Å². The molecular formula is C14H26N2O. The van der Waals surface area contributed by atoms with Crippen molar-refractivity contribution in [1.82, 2.24) is 10.2 Å². The third kappa shape index (κ3) is 4.52. The van der Waals surface area contributed by atoms with Gasteiger partial charge in [0.15, 0.2) is 0 Å². The predicted octanol–water partition coefficient (Wildman–Crippen LogP) is 2.89. The number of furan rings is 1. The van der Waals surface area contributed by atoms with Crippen molar-refractivity contribution in [2.45, 2.75) is 46.2 Å². The lowest BCUT2D eigenvalue weighted by atomic mass is 10.1. The first kappa shape index (κ1) is 14.3. The zero-order chi connectivity index (χ0) is 13.0. The summed E-state index contributed by atoms with van der Waals surface area (Å²) in [6.07, 6.45) is 1.16. The van der Waals surface area contributed by atoms with Crippen LogP contribution in [0.1, 0.15) is 43.4 Å². The molecule has 0 aliphatic carbocycles. The van der Waals surface area contributed by atoms with E-state index in [9.17, 15) is 0 Å². The zero-order valence-electron chi connectivity index (χ0n) is 12.0. The molecule has 1 aromatic rings. The second-order valence-electron chi connectivity index (χ2n) is 5.25. The average molecular weight is 238 g/mol. The molecule has 0 saturated carbocycles. The van der Waals surface area contributed by atoms with E-state index in [1.165, 1.54) is 5.56 Å². The third-order valence-electron chi connectivity index (χ3n) is 3.09. The van der Waals surface area contributed by atoms with Crippen molar-refractivity contribution in [2.75, 3.05) is 20.6 Å². The molecule has 3 heteroatoms. The van der Waals surface area contributed by atoms with E-state index in [0.29, 0.717) is 12.1 Å². The number of hydrogen-bond donors (Lipinski definition) is 1. The van der Waals surface area contributed by atoms with E-state index in [-0.39, 0.29) is 0 Å².